The van der Waals surface area contributed by atoms with Crippen molar-refractivity contribution in [3.05, 3.63) is 34.9 Å². The average molecular weight is 264 g/mol. The lowest BCUT2D eigenvalue weighted by atomic mass is 9.94. The Balaban J connectivity index is 3.15. The lowest BCUT2D eigenvalue weighted by Crippen LogP contribution is -2.23. The standard InChI is InChI=1S/C14H16O5/c1-8-5-6-10(14(17)19-4)7-11(8)12(15)9(2)13(16)18-3/h5-7,9H,1-4H3. The minimum atomic E-state index is -0.906. The van der Waals surface area contributed by atoms with Crippen LogP contribution in [0.2, 0.25) is 0 Å². The highest BCUT2D eigenvalue weighted by molar-refractivity contribution is 6.09. The van der Waals surface area contributed by atoms with Crippen molar-refractivity contribution in [1.82, 2.24) is 0 Å². The molecule has 0 fully saturated rings. The van der Waals surface area contributed by atoms with E-state index in [4.69, 9.17) is 0 Å². The molecule has 1 rings (SSSR count). The van der Waals surface area contributed by atoms with Gasteiger partial charge in [-0.05, 0) is 31.5 Å². The number of rotatable bonds is 4. The van der Waals surface area contributed by atoms with E-state index in [-0.39, 0.29) is 11.3 Å². The van der Waals surface area contributed by atoms with Crippen LogP contribution in [-0.2, 0) is 14.3 Å². The molecule has 0 radical (unpaired) electrons. The van der Waals surface area contributed by atoms with E-state index < -0.39 is 17.9 Å². The molecule has 1 aromatic rings. The molecule has 0 saturated carbocycles. The molecule has 0 heterocycles. The van der Waals surface area contributed by atoms with Gasteiger partial charge in [0.05, 0.1) is 19.8 Å². The summed E-state index contributed by atoms with van der Waals surface area (Å²) in [6, 6.07) is 4.65. The van der Waals surface area contributed by atoms with Crippen molar-refractivity contribution in [2.45, 2.75) is 13.8 Å². The Morgan fingerprint density at radius 2 is 1.74 bits per heavy atom. The van der Waals surface area contributed by atoms with E-state index in [1.54, 1.807) is 19.1 Å². The molecule has 102 valence electrons. The van der Waals surface area contributed by atoms with Crippen LogP contribution in [-0.4, -0.2) is 31.9 Å². The maximum absolute atomic E-state index is 12.2. The largest absolute Gasteiger partial charge is 0.468 e. The molecule has 0 aromatic heterocycles. The monoisotopic (exact) mass is 264 g/mol. The SMILES string of the molecule is COC(=O)c1ccc(C)c(C(=O)C(C)C(=O)OC)c1. The Hall–Kier alpha value is -2.17. The van der Waals surface area contributed by atoms with Crippen LogP contribution in [0.4, 0.5) is 0 Å². The molecule has 1 unspecified atom stereocenters. The highest BCUT2D eigenvalue weighted by atomic mass is 16.5. The minimum absolute atomic E-state index is 0.272. The van der Waals surface area contributed by atoms with Crippen molar-refractivity contribution in [2.75, 3.05) is 14.2 Å². The van der Waals surface area contributed by atoms with Crippen molar-refractivity contribution in [3.63, 3.8) is 0 Å². The van der Waals surface area contributed by atoms with Crippen molar-refractivity contribution < 1.29 is 23.9 Å². The molecule has 0 saturated heterocycles. The summed E-state index contributed by atoms with van der Waals surface area (Å²) in [6.07, 6.45) is 0. The van der Waals surface area contributed by atoms with Crippen molar-refractivity contribution in [2.24, 2.45) is 5.92 Å². The fourth-order valence-corrected chi connectivity index (χ4v) is 1.65. The molecule has 1 atom stereocenters. The number of benzene rings is 1. The summed E-state index contributed by atoms with van der Waals surface area (Å²) in [6.45, 7) is 3.21. The zero-order chi connectivity index (χ0) is 14.6. The van der Waals surface area contributed by atoms with Gasteiger partial charge in [-0.3, -0.25) is 9.59 Å². The molecule has 0 spiro atoms. The maximum atomic E-state index is 12.2. The smallest absolute Gasteiger partial charge is 0.337 e. The molecular weight excluding hydrogens is 248 g/mol. The van der Waals surface area contributed by atoms with Crippen LogP contribution in [0.25, 0.3) is 0 Å². The first kappa shape index (κ1) is 14.9. The van der Waals surface area contributed by atoms with Crippen LogP contribution < -0.4 is 0 Å². The van der Waals surface area contributed by atoms with Gasteiger partial charge in [0.25, 0.3) is 0 Å². The van der Waals surface area contributed by atoms with Gasteiger partial charge in [0.2, 0.25) is 0 Å². The summed E-state index contributed by atoms with van der Waals surface area (Å²) < 4.78 is 9.14. The molecule has 0 aliphatic heterocycles. The van der Waals surface area contributed by atoms with Crippen molar-refractivity contribution in [3.8, 4) is 0 Å². The van der Waals surface area contributed by atoms with E-state index in [2.05, 4.69) is 9.47 Å². The second-order valence-corrected chi connectivity index (χ2v) is 4.13. The Bertz CT molecular complexity index is 519. The lowest BCUT2D eigenvalue weighted by molar-refractivity contribution is -0.143. The summed E-state index contributed by atoms with van der Waals surface area (Å²) in [5.41, 5.74) is 1.28. The van der Waals surface area contributed by atoms with E-state index in [9.17, 15) is 14.4 Å². The van der Waals surface area contributed by atoms with Gasteiger partial charge in [-0.1, -0.05) is 6.07 Å². The number of ketones is 1. The third kappa shape index (κ3) is 3.19. The number of hydrogen-bond acceptors (Lipinski definition) is 5. The normalized spacial score (nSPS) is 11.6. The van der Waals surface area contributed by atoms with E-state index >= 15 is 0 Å². The number of carbonyl (C=O) groups excluding carboxylic acids is 3. The average Bonchev–Trinajstić information content (AvgIpc) is 2.44. The molecule has 0 amide bonds. The van der Waals surface area contributed by atoms with Gasteiger partial charge < -0.3 is 9.47 Å². The summed E-state index contributed by atoms with van der Waals surface area (Å²) in [4.78, 5) is 35.0. The van der Waals surface area contributed by atoms with Crippen molar-refractivity contribution in [1.29, 1.82) is 0 Å². The fraction of sp³-hybridized carbons (Fsp3) is 0.357. The Kier molecular flexibility index (Phi) is 4.80. The predicted octanol–water partition coefficient (Wildman–Crippen LogP) is 1.77. The number of carbonyl (C=O) groups is 3. The van der Waals surface area contributed by atoms with Crippen LogP contribution in [0.1, 0.15) is 33.2 Å². The summed E-state index contributed by atoms with van der Waals surface area (Å²) in [7, 11) is 2.49. The van der Waals surface area contributed by atoms with Gasteiger partial charge in [-0.25, -0.2) is 4.79 Å². The maximum Gasteiger partial charge on any atom is 0.337 e. The van der Waals surface area contributed by atoms with Crippen LogP contribution in [0.5, 0.6) is 0 Å². The molecule has 0 aliphatic rings. The molecule has 0 aliphatic carbocycles. The number of hydrogen-bond donors (Lipinski definition) is 0. The zero-order valence-electron chi connectivity index (χ0n) is 11.4. The van der Waals surface area contributed by atoms with Gasteiger partial charge in [0.15, 0.2) is 5.78 Å². The molecule has 5 heteroatoms. The minimum Gasteiger partial charge on any atom is -0.468 e. The summed E-state index contributed by atoms with van der Waals surface area (Å²) in [5, 5.41) is 0. The molecule has 19 heavy (non-hydrogen) atoms. The summed E-state index contributed by atoms with van der Waals surface area (Å²) in [5.74, 6) is -2.42. The van der Waals surface area contributed by atoms with Crippen LogP contribution in [0, 0.1) is 12.8 Å². The van der Waals surface area contributed by atoms with E-state index in [1.807, 2.05) is 0 Å². The summed E-state index contributed by atoms with van der Waals surface area (Å²) >= 11 is 0. The molecular formula is C14H16O5. The van der Waals surface area contributed by atoms with Gasteiger partial charge in [0.1, 0.15) is 5.92 Å². The number of aryl methyl sites for hydroxylation is 1. The number of Topliss-reactive ketones (excluding diaryl/α,β-unsaturated/α-hetero) is 1. The van der Waals surface area contributed by atoms with Gasteiger partial charge in [0, 0.05) is 5.56 Å². The predicted molar refractivity (Wildman–Crippen MR) is 68.0 cm³/mol. The first-order valence-electron chi connectivity index (χ1n) is 5.73. The number of methoxy groups -OCH3 is 2. The van der Waals surface area contributed by atoms with Gasteiger partial charge >= 0.3 is 11.9 Å². The van der Waals surface area contributed by atoms with Gasteiger partial charge in [-0.2, -0.15) is 0 Å². The third-order valence-corrected chi connectivity index (χ3v) is 2.87. The fourth-order valence-electron chi connectivity index (χ4n) is 1.65. The second-order valence-electron chi connectivity index (χ2n) is 4.13. The van der Waals surface area contributed by atoms with Crippen LogP contribution >= 0.6 is 0 Å². The van der Waals surface area contributed by atoms with Crippen LogP contribution in [0.3, 0.4) is 0 Å². The van der Waals surface area contributed by atoms with E-state index in [0.717, 1.165) is 0 Å². The number of esters is 2. The Morgan fingerprint density at radius 1 is 1.11 bits per heavy atom. The van der Waals surface area contributed by atoms with Crippen LogP contribution in [0.15, 0.2) is 18.2 Å². The number of ether oxygens (including phenoxy) is 2. The first-order chi connectivity index (χ1) is 8.92. The first-order valence-corrected chi connectivity index (χ1v) is 5.73. The van der Waals surface area contributed by atoms with E-state index in [0.29, 0.717) is 11.1 Å². The molecule has 0 bridgehead atoms. The Labute approximate surface area is 111 Å². The second kappa shape index (κ2) is 6.13. The lowest BCUT2D eigenvalue weighted by Gasteiger charge is -2.11. The van der Waals surface area contributed by atoms with Gasteiger partial charge in [-0.15, -0.1) is 0 Å². The quantitative estimate of drug-likeness (QED) is 0.471. The highest BCUT2D eigenvalue weighted by Gasteiger charge is 2.25. The van der Waals surface area contributed by atoms with Crippen molar-refractivity contribution >= 4 is 17.7 Å². The zero-order valence-corrected chi connectivity index (χ0v) is 11.4. The molecule has 0 N–H and O–H groups in total. The topological polar surface area (TPSA) is 69.7 Å². The van der Waals surface area contributed by atoms with E-state index in [1.165, 1.54) is 27.2 Å². The highest BCUT2D eigenvalue weighted by Crippen LogP contribution is 2.17. The Morgan fingerprint density at radius 3 is 2.26 bits per heavy atom. The molecule has 1 aromatic carbocycles. The third-order valence-electron chi connectivity index (χ3n) is 2.87. The molecule has 5 nitrogen and oxygen atoms in total.